The van der Waals surface area contributed by atoms with Crippen LogP contribution in [-0.2, 0) is 14.3 Å². The van der Waals surface area contributed by atoms with Crippen molar-refractivity contribution in [2.24, 2.45) is 0 Å². The zero-order valence-electron chi connectivity index (χ0n) is 7.07. The highest BCUT2D eigenvalue weighted by atomic mass is 32.2. The fourth-order valence-electron chi connectivity index (χ4n) is 0.591. The van der Waals surface area contributed by atoms with Crippen LogP contribution in [0.1, 0.15) is 13.3 Å². The van der Waals surface area contributed by atoms with Crippen molar-refractivity contribution in [1.82, 2.24) is 0 Å². The molecular weight excluding hydrogens is 180 g/mol. The molecule has 5 heteroatoms. The SMILES string of the molecule is CCC(SCC(=O)OC)C(=O)O. The number of thioether (sulfide) groups is 1. The van der Waals surface area contributed by atoms with Gasteiger partial charge in [-0.2, -0.15) is 0 Å². The van der Waals surface area contributed by atoms with Crippen LogP contribution in [0.5, 0.6) is 0 Å². The fraction of sp³-hybridized carbons (Fsp3) is 0.714. The predicted octanol–water partition coefficient (Wildman–Crippen LogP) is 0.756. The quantitative estimate of drug-likeness (QED) is 0.651. The van der Waals surface area contributed by atoms with Gasteiger partial charge in [0.1, 0.15) is 5.25 Å². The molecule has 0 saturated heterocycles. The number of rotatable bonds is 5. The second kappa shape index (κ2) is 5.88. The van der Waals surface area contributed by atoms with Gasteiger partial charge < -0.3 is 9.84 Å². The van der Waals surface area contributed by atoms with Gasteiger partial charge in [-0.25, -0.2) is 0 Å². The Bertz CT molecular complexity index is 169. The summed E-state index contributed by atoms with van der Waals surface area (Å²) in [7, 11) is 1.28. The minimum absolute atomic E-state index is 0.0985. The lowest BCUT2D eigenvalue weighted by Crippen LogP contribution is -2.17. The summed E-state index contributed by atoms with van der Waals surface area (Å²) in [6.45, 7) is 1.77. The van der Waals surface area contributed by atoms with Gasteiger partial charge in [0, 0.05) is 0 Å². The maximum absolute atomic E-state index is 10.6. The van der Waals surface area contributed by atoms with Crippen LogP contribution in [0.4, 0.5) is 0 Å². The molecule has 1 unspecified atom stereocenters. The first kappa shape index (κ1) is 11.3. The molecule has 0 aliphatic heterocycles. The zero-order valence-corrected chi connectivity index (χ0v) is 7.89. The zero-order chi connectivity index (χ0) is 9.56. The summed E-state index contributed by atoms with van der Waals surface area (Å²) in [5.74, 6) is -1.17. The van der Waals surface area contributed by atoms with Crippen LogP contribution in [0.3, 0.4) is 0 Å². The second-order valence-electron chi connectivity index (χ2n) is 2.12. The first-order valence-corrected chi connectivity index (χ1v) is 4.57. The van der Waals surface area contributed by atoms with Crippen molar-refractivity contribution in [3.63, 3.8) is 0 Å². The normalized spacial score (nSPS) is 12.2. The third-order valence-electron chi connectivity index (χ3n) is 1.28. The number of hydrogen-bond donors (Lipinski definition) is 1. The van der Waals surface area contributed by atoms with E-state index in [1.165, 1.54) is 7.11 Å². The molecule has 0 spiro atoms. The van der Waals surface area contributed by atoms with Crippen LogP contribution in [-0.4, -0.2) is 35.2 Å². The lowest BCUT2D eigenvalue weighted by Gasteiger charge is -2.07. The van der Waals surface area contributed by atoms with Crippen molar-refractivity contribution >= 4 is 23.7 Å². The molecule has 0 fully saturated rings. The van der Waals surface area contributed by atoms with E-state index < -0.39 is 11.2 Å². The molecule has 0 heterocycles. The van der Waals surface area contributed by atoms with E-state index in [1.807, 2.05) is 0 Å². The Hall–Kier alpha value is -0.710. The minimum Gasteiger partial charge on any atom is -0.480 e. The van der Waals surface area contributed by atoms with Crippen molar-refractivity contribution in [3.8, 4) is 0 Å². The molecule has 0 aliphatic carbocycles. The van der Waals surface area contributed by atoms with Gasteiger partial charge in [0.15, 0.2) is 0 Å². The van der Waals surface area contributed by atoms with E-state index in [-0.39, 0.29) is 11.7 Å². The fourth-order valence-corrected chi connectivity index (χ4v) is 1.42. The van der Waals surface area contributed by atoms with Crippen LogP contribution in [0.2, 0.25) is 0 Å². The number of carboxylic acid groups (broad SMARTS) is 1. The monoisotopic (exact) mass is 192 g/mol. The van der Waals surface area contributed by atoms with E-state index in [2.05, 4.69) is 4.74 Å². The second-order valence-corrected chi connectivity index (χ2v) is 3.31. The Morgan fingerprint density at radius 3 is 2.50 bits per heavy atom. The minimum atomic E-state index is -0.883. The van der Waals surface area contributed by atoms with Crippen molar-refractivity contribution in [1.29, 1.82) is 0 Å². The van der Waals surface area contributed by atoms with E-state index in [0.29, 0.717) is 6.42 Å². The van der Waals surface area contributed by atoms with Gasteiger partial charge in [-0.3, -0.25) is 9.59 Å². The summed E-state index contributed by atoms with van der Waals surface area (Å²) in [6, 6.07) is 0. The summed E-state index contributed by atoms with van der Waals surface area (Å²) in [4.78, 5) is 21.1. The summed E-state index contributed by atoms with van der Waals surface area (Å²) in [5, 5.41) is 8.08. The van der Waals surface area contributed by atoms with E-state index in [0.717, 1.165) is 11.8 Å². The number of aliphatic carboxylic acids is 1. The van der Waals surface area contributed by atoms with E-state index in [1.54, 1.807) is 6.92 Å². The van der Waals surface area contributed by atoms with E-state index >= 15 is 0 Å². The molecule has 0 aliphatic rings. The highest BCUT2D eigenvalue weighted by Gasteiger charge is 2.16. The van der Waals surface area contributed by atoms with Gasteiger partial charge in [-0.1, -0.05) is 6.92 Å². The number of esters is 1. The Morgan fingerprint density at radius 1 is 1.58 bits per heavy atom. The average molecular weight is 192 g/mol. The standard InChI is InChI=1S/C7H12O4S/c1-3-5(7(9)10)12-4-6(8)11-2/h5H,3-4H2,1-2H3,(H,9,10). The predicted molar refractivity (Wildman–Crippen MR) is 46.2 cm³/mol. The molecule has 0 rings (SSSR count). The molecule has 0 aromatic carbocycles. The molecule has 4 nitrogen and oxygen atoms in total. The molecule has 0 aromatic heterocycles. The van der Waals surface area contributed by atoms with Crippen molar-refractivity contribution < 1.29 is 19.4 Å². The first-order valence-electron chi connectivity index (χ1n) is 3.53. The molecule has 0 aromatic rings. The molecule has 0 saturated carbocycles. The topological polar surface area (TPSA) is 63.6 Å². The number of hydrogen-bond acceptors (Lipinski definition) is 4. The lowest BCUT2D eigenvalue weighted by molar-refractivity contribution is -0.137. The van der Waals surface area contributed by atoms with Crippen molar-refractivity contribution in [2.75, 3.05) is 12.9 Å². The maximum atomic E-state index is 10.6. The Kier molecular flexibility index (Phi) is 5.53. The van der Waals surface area contributed by atoms with Gasteiger partial charge >= 0.3 is 11.9 Å². The number of carboxylic acids is 1. The number of carbonyl (C=O) groups excluding carboxylic acids is 1. The van der Waals surface area contributed by atoms with Crippen molar-refractivity contribution in [3.05, 3.63) is 0 Å². The van der Waals surface area contributed by atoms with Crippen LogP contribution in [0.25, 0.3) is 0 Å². The molecule has 1 atom stereocenters. The van der Waals surface area contributed by atoms with Crippen LogP contribution in [0.15, 0.2) is 0 Å². The highest BCUT2D eigenvalue weighted by Crippen LogP contribution is 2.14. The molecule has 12 heavy (non-hydrogen) atoms. The van der Waals surface area contributed by atoms with E-state index in [9.17, 15) is 9.59 Å². The molecule has 0 bridgehead atoms. The van der Waals surface area contributed by atoms with Crippen LogP contribution in [0, 0.1) is 0 Å². The summed E-state index contributed by atoms with van der Waals surface area (Å²) in [6.07, 6.45) is 0.511. The first-order chi connectivity index (χ1) is 5.61. The van der Waals surface area contributed by atoms with Crippen LogP contribution < -0.4 is 0 Å². The Balaban J connectivity index is 3.73. The summed E-state index contributed by atoms with van der Waals surface area (Å²) in [5.41, 5.74) is 0. The highest BCUT2D eigenvalue weighted by molar-refractivity contribution is 8.01. The smallest absolute Gasteiger partial charge is 0.316 e. The maximum Gasteiger partial charge on any atom is 0.316 e. The number of carbonyl (C=O) groups is 2. The number of methoxy groups -OCH3 is 1. The number of ether oxygens (including phenoxy) is 1. The average Bonchev–Trinajstić information content (AvgIpc) is 2.04. The summed E-state index contributed by atoms with van der Waals surface area (Å²) < 4.78 is 4.37. The molecular formula is C7H12O4S. The largest absolute Gasteiger partial charge is 0.480 e. The third-order valence-corrected chi connectivity index (χ3v) is 2.62. The van der Waals surface area contributed by atoms with Crippen LogP contribution >= 0.6 is 11.8 Å². The molecule has 70 valence electrons. The Labute approximate surface area is 75.3 Å². The van der Waals surface area contributed by atoms with Gasteiger partial charge in [-0.05, 0) is 6.42 Å². The van der Waals surface area contributed by atoms with Gasteiger partial charge in [0.2, 0.25) is 0 Å². The van der Waals surface area contributed by atoms with Gasteiger partial charge in [0.05, 0.1) is 12.9 Å². The molecule has 0 radical (unpaired) electrons. The van der Waals surface area contributed by atoms with Crippen molar-refractivity contribution in [2.45, 2.75) is 18.6 Å². The lowest BCUT2D eigenvalue weighted by atomic mass is 10.3. The molecule has 0 amide bonds. The summed E-state index contributed by atoms with van der Waals surface area (Å²) >= 11 is 1.09. The van der Waals surface area contributed by atoms with E-state index in [4.69, 9.17) is 5.11 Å². The molecule has 1 N–H and O–H groups in total. The third kappa shape index (κ3) is 4.23. The van der Waals surface area contributed by atoms with Gasteiger partial charge in [0.25, 0.3) is 0 Å². The Morgan fingerprint density at radius 2 is 2.17 bits per heavy atom. The van der Waals surface area contributed by atoms with Gasteiger partial charge in [-0.15, -0.1) is 11.8 Å².